The van der Waals surface area contributed by atoms with E-state index in [0.29, 0.717) is 31.7 Å². The van der Waals surface area contributed by atoms with Crippen molar-refractivity contribution in [1.29, 1.82) is 0 Å². The first kappa shape index (κ1) is 24.8. The highest BCUT2D eigenvalue weighted by atomic mass is 16.6. The maximum atomic E-state index is 13.4. The van der Waals surface area contributed by atoms with Crippen molar-refractivity contribution >= 4 is 23.6 Å². The molecule has 0 unspecified atom stereocenters. The van der Waals surface area contributed by atoms with Crippen LogP contribution in [0.4, 0.5) is 5.69 Å². The number of amides is 2. The molecule has 1 saturated heterocycles. The average Bonchev–Trinajstić information content (AvgIpc) is 2.90. The molecule has 8 nitrogen and oxygen atoms in total. The molecule has 8 heteroatoms. The van der Waals surface area contributed by atoms with Gasteiger partial charge in [-0.15, -0.1) is 0 Å². The van der Waals surface area contributed by atoms with Gasteiger partial charge in [-0.2, -0.15) is 0 Å². The summed E-state index contributed by atoms with van der Waals surface area (Å²) in [6.07, 6.45) is 1.49. The number of carbonyl (C=O) groups excluding carboxylic acids is 2. The Morgan fingerprint density at radius 3 is 2.00 bits per heavy atom. The summed E-state index contributed by atoms with van der Waals surface area (Å²) in [4.78, 5) is 39.9. The van der Waals surface area contributed by atoms with E-state index in [2.05, 4.69) is 34.5 Å². The molecule has 1 fully saturated rings. The van der Waals surface area contributed by atoms with Crippen molar-refractivity contribution in [3.05, 3.63) is 117 Å². The third-order valence-electron chi connectivity index (χ3n) is 6.13. The fraction of sp³-hybridized carbons (Fsp3) is 0.214. The molecule has 0 spiro atoms. The summed E-state index contributed by atoms with van der Waals surface area (Å²) in [7, 11) is 0. The molecule has 0 aromatic heterocycles. The molecule has 1 N–H and O–H groups in total. The zero-order valence-electron chi connectivity index (χ0n) is 20.0. The van der Waals surface area contributed by atoms with Gasteiger partial charge in [-0.25, -0.2) is 0 Å². The molecule has 3 aromatic carbocycles. The minimum Gasteiger partial charge on any atom is -0.335 e. The van der Waals surface area contributed by atoms with Crippen molar-refractivity contribution in [1.82, 2.24) is 15.1 Å². The van der Waals surface area contributed by atoms with Crippen LogP contribution < -0.4 is 5.32 Å². The van der Waals surface area contributed by atoms with Crippen molar-refractivity contribution in [2.75, 3.05) is 26.2 Å². The molecular weight excluding hydrogens is 456 g/mol. The highest BCUT2D eigenvalue weighted by Crippen LogP contribution is 2.29. The van der Waals surface area contributed by atoms with Gasteiger partial charge in [0.2, 0.25) is 5.91 Å². The van der Waals surface area contributed by atoms with E-state index >= 15 is 0 Å². The molecule has 0 aliphatic carbocycles. The zero-order valence-corrected chi connectivity index (χ0v) is 20.0. The Bertz CT molecular complexity index is 1210. The number of nitro benzene ring substituents is 1. The van der Waals surface area contributed by atoms with Crippen LogP contribution in [0.2, 0.25) is 0 Å². The van der Waals surface area contributed by atoms with Crippen LogP contribution in [0.5, 0.6) is 0 Å². The largest absolute Gasteiger partial charge is 0.335 e. The molecule has 0 saturated carbocycles. The van der Waals surface area contributed by atoms with Crippen molar-refractivity contribution in [2.24, 2.45) is 0 Å². The van der Waals surface area contributed by atoms with Gasteiger partial charge in [0.1, 0.15) is 5.70 Å². The van der Waals surface area contributed by atoms with E-state index in [9.17, 15) is 19.7 Å². The van der Waals surface area contributed by atoms with Crippen LogP contribution in [-0.4, -0.2) is 52.7 Å². The maximum Gasteiger partial charge on any atom is 0.270 e. The van der Waals surface area contributed by atoms with Gasteiger partial charge >= 0.3 is 0 Å². The van der Waals surface area contributed by atoms with Gasteiger partial charge in [-0.1, -0.05) is 72.8 Å². The van der Waals surface area contributed by atoms with Crippen LogP contribution in [0, 0.1) is 10.1 Å². The van der Waals surface area contributed by atoms with Crippen LogP contribution >= 0.6 is 0 Å². The Balaban J connectivity index is 1.53. The van der Waals surface area contributed by atoms with Crippen LogP contribution in [0.3, 0.4) is 0 Å². The van der Waals surface area contributed by atoms with Gasteiger partial charge in [-0.05, 0) is 22.8 Å². The minimum atomic E-state index is -0.494. The monoisotopic (exact) mass is 484 g/mol. The van der Waals surface area contributed by atoms with Crippen LogP contribution in [-0.2, 0) is 9.59 Å². The van der Waals surface area contributed by atoms with Gasteiger partial charge in [0, 0.05) is 45.2 Å². The van der Waals surface area contributed by atoms with Crippen molar-refractivity contribution in [3.8, 4) is 0 Å². The first-order valence-electron chi connectivity index (χ1n) is 11.8. The van der Waals surface area contributed by atoms with Crippen LogP contribution in [0.1, 0.15) is 29.7 Å². The molecule has 0 bridgehead atoms. The second-order valence-corrected chi connectivity index (χ2v) is 8.64. The summed E-state index contributed by atoms with van der Waals surface area (Å²) in [5, 5.41) is 13.7. The van der Waals surface area contributed by atoms with Gasteiger partial charge in [0.05, 0.1) is 11.0 Å². The van der Waals surface area contributed by atoms with Crippen molar-refractivity contribution < 1.29 is 14.5 Å². The van der Waals surface area contributed by atoms with E-state index in [4.69, 9.17) is 0 Å². The topological polar surface area (TPSA) is 95.8 Å². The fourth-order valence-electron chi connectivity index (χ4n) is 4.47. The Hall–Kier alpha value is -4.30. The Morgan fingerprint density at radius 1 is 0.889 bits per heavy atom. The van der Waals surface area contributed by atoms with E-state index in [0.717, 1.165) is 0 Å². The summed E-state index contributed by atoms with van der Waals surface area (Å²) < 4.78 is 0. The smallest absolute Gasteiger partial charge is 0.270 e. The number of rotatable bonds is 7. The molecule has 2 amide bonds. The highest BCUT2D eigenvalue weighted by molar-refractivity contribution is 6.01. The maximum absolute atomic E-state index is 13.4. The summed E-state index contributed by atoms with van der Waals surface area (Å²) in [6.45, 7) is 3.62. The highest BCUT2D eigenvalue weighted by Gasteiger charge is 2.29. The standard InChI is InChI=1S/C28H28N4O4/c1-21(33)29-26(20-22-9-8-14-25(19-22)32(35)36)28(34)31-17-15-30(16-18-31)27(23-10-4-2-5-11-23)24-12-6-3-7-13-24/h2-14,19-20,27H,15-18H2,1H3,(H,29,33). The normalized spacial score (nSPS) is 14.5. The number of hydrogen-bond donors (Lipinski definition) is 1. The zero-order chi connectivity index (χ0) is 25.5. The summed E-state index contributed by atoms with van der Waals surface area (Å²) in [5.74, 6) is -0.695. The number of carbonyl (C=O) groups is 2. The molecule has 184 valence electrons. The van der Waals surface area contributed by atoms with Crippen molar-refractivity contribution in [2.45, 2.75) is 13.0 Å². The average molecular weight is 485 g/mol. The Kier molecular flexibility index (Phi) is 7.87. The van der Waals surface area contributed by atoms with E-state index in [1.54, 1.807) is 17.0 Å². The summed E-state index contributed by atoms with van der Waals surface area (Å²) in [5.41, 5.74) is 2.85. The lowest BCUT2D eigenvalue weighted by Gasteiger charge is -2.40. The van der Waals surface area contributed by atoms with Gasteiger partial charge in [0.15, 0.2) is 0 Å². The van der Waals surface area contributed by atoms with Gasteiger partial charge in [0.25, 0.3) is 11.6 Å². The first-order valence-corrected chi connectivity index (χ1v) is 11.8. The van der Waals surface area contributed by atoms with E-state index in [1.807, 2.05) is 36.4 Å². The van der Waals surface area contributed by atoms with Crippen LogP contribution in [0.15, 0.2) is 90.6 Å². The second kappa shape index (κ2) is 11.4. The minimum absolute atomic E-state index is 0.0693. The number of piperazine rings is 1. The predicted octanol–water partition coefficient (Wildman–Crippen LogP) is 4.01. The molecule has 36 heavy (non-hydrogen) atoms. The third kappa shape index (κ3) is 6.03. The van der Waals surface area contributed by atoms with E-state index in [1.165, 1.54) is 36.3 Å². The first-order chi connectivity index (χ1) is 17.4. The lowest BCUT2D eigenvalue weighted by atomic mass is 9.96. The molecule has 0 radical (unpaired) electrons. The lowest BCUT2D eigenvalue weighted by molar-refractivity contribution is -0.384. The lowest BCUT2D eigenvalue weighted by Crippen LogP contribution is -2.51. The number of nitro groups is 1. The second-order valence-electron chi connectivity index (χ2n) is 8.64. The third-order valence-corrected chi connectivity index (χ3v) is 6.13. The van der Waals surface area contributed by atoms with E-state index in [-0.39, 0.29) is 29.2 Å². The predicted molar refractivity (Wildman–Crippen MR) is 138 cm³/mol. The van der Waals surface area contributed by atoms with Gasteiger partial charge < -0.3 is 10.2 Å². The molecule has 3 aromatic rings. The molecule has 1 aliphatic rings. The van der Waals surface area contributed by atoms with Crippen LogP contribution in [0.25, 0.3) is 6.08 Å². The van der Waals surface area contributed by atoms with Crippen molar-refractivity contribution in [3.63, 3.8) is 0 Å². The fourth-order valence-corrected chi connectivity index (χ4v) is 4.47. The molecule has 1 aliphatic heterocycles. The Labute approximate surface area is 210 Å². The SMILES string of the molecule is CC(=O)NC(=Cc1cccc([N+](=O)[O-])c1)C(=O)N1CCN(C(c2ccccc2)c2ccccc2)CC1. The molecular formula is C28H28N4O4. The Morgan fingerprint density at radius 2 is 1.47 bits per heavy atom. The summed E-state index contributed by atoms with van der Waals surface area (Å²) in [6, 6.07) is 26.6. The number of nitrogens with one attached hydrogen (secondary N) is 1. The summed E-state index contributed by atoms with van der Waals surface area (Å²) >= 11 is 0. The number of non-ortho nitro benzene ring substituents is 1. The number of hydrogen-bond acceptors (Lipinski definition) is 5. The quantitative estimate of drug-likeness (QED) is 0.311. The van der Waals surface area contributed by atoms with Gasteiger partial charge in [-0.3, -0.25) is 24.6 Å². The number of benzene rings is 3. The molecule has 4 rings (SSSR count). The molecule has 0 atom stereocenters. The molecule has 1 heterocycles. The van der Waals surface area contributed by atoms with E-state index < -0.39 is 4.92 Å². The number of nitrogens with zero attached hydrogens (tertiary/aromatic N) is 3.